The van der Waals surface area contributed by atoms with Crippen molar-refractivity contribution in [3.05, 3.63) is 69.4 Å². The van der Waals surface area contributed by atoms with Crippen LogP contribution in [0, 0.1) is 11.2 Å². The lowest BCUT2D eigenvalue weighted by Crippen LogP contribution is -2.18. The van der Waals surface area contributed by atoms with E-state index in [1.54, 1.807) is 6.07 Å². The van der Waals surface area contributed by atoms with Crippen molar-refractivity contribution in [2.75, 3.05) is 7.05 Å². The Kier molecular flexibility index (Phi) is 5.09. The van der Waals surface area contributed by atoms with Crippen LogP contribution in [0.2, 0.25) is 0 Å². The van der Waals surface area contributed by atoms with Crippen molar-refractivity contribution in [2.24, 2.45) is 5.73 Å². The number of hydrogen-bond acceptors (Lipinski definition) is 2. The Morgan fingerprint density at radius 2 is 1.95 bits per heavy atom. The van der Waals surface area contributed by atoms with Crippen molar-refractivity contribution in [3.8, 4) is 0 Å². The smallest absolute Gasteiger partial charge is 0.124 e. The number of benzene rings is 2. The fourth-order valence-electron chi connectivity index (χ4n) is 2.18. The fraction of sp³-hybridized carbons (Fsp3) is 0.188. The molecule has 3 nitrogen and oxygen atoms in total. The molecule has 0 aromatic heterocycles. The third kappa shape index (κ3) is 4.37. The first-order valence-electron chi connectivity index (χ1n) is 6.51. The number of nitrogen functional groups attached to an aromatic ring is 1. The van der Waals surface area contributed by atoms with Crippen molar-refractivity contribution >= 4 is 21.8 Å². The lowest BCUT2D eigenvalue weighted by molar-refractivity contribution is 0.318. The average Bonchev–Trinajstić information content (AvgIpc) is 2.40. The van der Waals surface area contributed by atoms with E-state index in [4.69, 9.17) is 11.1 Å². The SMILES string of the molecule is CN(Cc1cc(F)cc(C(=N)N)c1)Cc1ccccc1Br. The summed E-state index contributed by atoms with van der Waals surface area (Å²) in [4.78, 5) is 2.08. The Morgan fingerprint density at radius 3 is 2.62 bits per heavy atom. The van der Waals surface area contributed by atoms with E-state index in [9.17, 15) is 4.39 Å². The summed E-state index contributed by atoms with van der Waals surface area (Å²) in [6, 6.07) is 12.5. The number of halogens is 2. The third-order valence-corrected chi connectivity index (χ3v) is 3.89. The van der Waals surface area contributed by atoms with Crippen LogP contribution >= 0.6 is 15.9 Å². The minimum Gasteiger partial charge on any atom is -0.384 e. The summed E-state index contributed by atoms with van der Waals surface area (Å²) < 4.78 is 14.6. The van der Waals surface area contributed by atoms with Crippen molar-refractivity contribution in [1.82, 2.24) is 4.90 Å². The van der Waals surface area contributed by atoms with Gasteiger partial charge < -0.3 is 5.73 Å². The van der Waals surface area contributed by atoms with E-state index in [2.05, 4.69) is 20.8 Å². The van der Waals surface area contributed by atoms with E-state index in [1.807, 2.05) is 31.3 Å². The van der Waals surface area contributed by atoms with Crippen LogP contribution in [0.1, 0.15) is 16.7 Å². The number of amidine groups is 1. The maximum Gasteiger partial charge on any atom is 0.124 e. The van der Waals surface area contributed by atoms with E-state index >= 15 is 0 Å². The first kappa shape index (κ1) is 15.7. The molecule has 0 aliphatic rings. The molecule has 0 atom stereocenters. The molecule has 0 radical (unpaired) electrons. The van der Waals surface area contributed by atoms with Crippen LogP contribution in [0.4, 0.5) is 4.39 Å². The molecule has 0 amide bonds. The van der Waals surface area contributed by atoms with Gasteiger partial charge in [-0.3, -0.25) is 10.3 Å². The van der Waals surface area contributed by atoms with Gasteiger partial charge in [-0.2, -0.15) is 0 Å². The summed E-state index contributed by atoms with van der Waals surface area (Å²) in [6.45, 7) is 1.33. The Morgan fingerprint density at radius 1 is 1.24 bits per heavy atom. The summed E-state index contributed by atoms with van der Waals surface area (Å²) in [6.07, 6.45) is 0. The summed E-state index contributed by atoms with van der Waals surface area (Å²) in [5.74, 6) is -0.490. The minimum absolute atomic E-state index is 0.121. The molecule has 0 spiro atoms. The highest BCUT2D eigenvalue weighted by molar-refractivity contribution is 9.10. The first-order valence-corrected chi connectivity index (χ1v) is 7.31. The van der Waals surface area contributed by atoms with E-state index in [1.165, 1.54) is 17.7 Å². The van der Waals surface area contributed by atoms with Crippen LogP contribution in [0.15, 0.2) is 46.9 Å². The van der Waals surface area contributed by atoms with Gasteiger partial charge in [0.1, 0.15) is 11.7 Å². The van der Waals surface area contributed by atoms with Crippen LogP contribution in [-0.4, -0.2) is 17.8 Å². The lowest BCUT2D eigenvalue weighted by atomic mass is 10.1. The maximum absolute atomic E-state index is 13.6. The molecule has 110 valence electrons. The number of hydrogen-bond donors (Lipinski definition) is 2. The number of nitrogens with zero attached hydrogens (tertiary/aromatic N) is 1. The normalized spacial score (nSPS) is 10.9. The maximum atomic E-state index is 13.6. The standard InChI is InChI=1S/C16H17BrFN3/c1-21(10-12-4-2-3-5-15(12)17)9-11-6-13(16(19)20)8-14(18)7-11/h2-8H,9-10H2,1H3,(H3,19,20). The molecular formula is C16H17BrFN3. The third-order valence-electron chi connectivity index (χ3n) is 3.12. The molecule has 5 heteroatoms. The average molecular weight is 350 g/mol. The molecule has 3 N–H and O–H groups in total. The van der Waals surface area contributed by atoms with Crippen LogP contribution in [-0.2, 0) is 13.1 Å². The van der Waals surface area contributed by atoms with Gasteiger partial charge in [0.05, 0.1) is 0 Å². The van der Waals surface area contributed by atoms with Crippen LogP contribution in [0.3, 0.4) is 0 Å². The quantitative estimate of drug-likeness (QED) is 0.641. The van der Waals surface area contributed by atoms with E-state index in [0.29, 0.717) is 12.1 Å². The fourth-order valence-corrected chi connectivity index (χ4v) is 2.59. The topological polar surface area (TPSA) is 53.1 Å². The van der Waals surface area contributed by atoms with Gasteiger partial charge in [-0.1, -0.05) is 34.1 Å². The summed E-state index contributed by atoms with van der Waals surface area (Å²) >= 11 is 3.52. The molecular weight excluding hydrogens is 333 g/mol. The Bertz CT molecular complexity index is 658. The highest BCUT2D eigenvalue weighted by Gasteiger charge is 2.08. The van der Waals surface area contributed by atoms with Gasteiger partial charge >= 0.3 is 0 Å². The van der Waals surface area contributed by atoms with Crippen molar-refractivity contribution < 1.29 is 4.39 Å². The molecule has 0 heterocycles. The second-order valence-electron chi connectivity index (χ2n) is 5.03. The van der Waals surface area contributed by atoms with Gasteiger partial charge in [-0.25, -0.2) is 4.39 Å². The molecule has 0 fully saturated rings. The Balaban J connectivity index is 2.11. The van der Waals surface area contributed by atoms with Gasteiger partial charge in [-0.05, 0) is 42.4 Å². The highest BCUT2D eigenvalue weighted by Crippen LogP contribution is 2.18. The van der Waals surface area contributed by atoms with Gasteiger partial charge in [0.2, 0.25) is 0 Å². The summed E-state index contributed by atoms with van der Waals surface area (Å²) in [5.41, 5.74) is 7.81. The van der Waals surface area contributed by atoms with Gasteiger partial charge in [-0.15, -0.1) is 0 Å². The molecule has 2 aromatic carbocycles. The molecule has 0 saturated carbocycles. The second kappa shape index (κ2) is 6.83. The van der Waals surface area contributed by atoms with Gasteiger partial charge in [0.25, 0.3) is 0 Å². The molecule has 2 aromatic rings. The van der Waals surface area contributed by atoms with Crippen LogP contribution < -0.4 is 5.73 Å². The molecule has 0 saturated heterocycles. The minimum atomic E-state index is -0.369. The van der Waals surface area contributed by atoms with Gasteiger partial charge in [0, 0.05) is 23.1 Å². The number of rotatable bonds is 5. The van der Waals surface area contributed by atoms with Crippen LogP contribution in [0.5, 0.6) is 0 Å². The molecule has 0 unspecified atom stereocenters. The highest BCUT2D eigenvalue weighted by atomic mass is 79.9. The zero-order valence-corrected chi connectivity index (χ0v) is 13.3. The van der Waals surface area contributed by atoms with Gasteiger partial charge in [0.15, 0.2) is 0 Å². The number of nitrogens with one attached hydrogen (secondary N) is 1. The van der Waals surface area contributed by atoms with E-state index in [0.717, 1.165) is 16.6 Å². The molecule has 0 aliphatic heterocycles. The first-order chi connectivity index (χ1) is 9.95. The largest absolute Gasteiger partial charge is 0.384 e. The van der Waals surface area contributed by atoms with Crippen LogP contribution in [0.25, 0.3) is 0 Å². The van der Waals surface area contributed by atoms with Crippen molar-refractivity contribution in [2.45, 2.75) is 13.1 Å². The Hall–Kier alpha value is -1.72. The van der Waals surface area contributed by atoms with Crippen molar-refractivity contribution in [3.63, 3.8) is 0 Å². The van der Waals surface area contributed by atoms with E-state index < -0.39 is 0 Å². The second-order valence-corrected chi connectivity index (χ2v) is 5.88. The van der Waals surface area contributed by atoms with E-state index in [-0.39, 0.29) is 11.7 Å². The predicted molar refractivity (Wildman–Crippen MR) is 86.7 cm³/mol. The molecule has 2 rings (SSSR count). The summed E-state index contributed by atoms with van der Waals surface area (Å²) in [5, 5.41) is 7.41. The zero-order chi connectivity index (χ0) is 15.4. The number of nitrogens with two attached hydrogens (primary N) is 1. The predicted octanol–water partition coefficient (Wildman–Crippen LogP) is 3.50. The zero-order valence-electron chi connectivity index (χ0n) is 11.7. The summed E-state index contributed by atoms with van der Waals surface area (Å²) in [7, 11) is 1.97. The molecule has 21 heavy (non-hydrogen) atoms. The van der Waals surface area contributed by atoms with Crippen molar-refractivity contribution in [1.29, 1.82) is 5.41 Å². The monoisotopic (exact) mass is 349 g/mol. The Labute approximate surface area is 132 Å². The molecule has 0 aliphatic carbocycles. The lowest BCUT2D eigenvalue weighted by Gasteiger charge is -2.18. The molecule has 0 bridgehead atoms.